The molecule has 6 rings (SSSR count). The van der Waals surface area contributed by atoms with E-state index in [0.29, 0.717) is 16.4 Å². The average Bonchev–Trinajstić information content (AvgIpc) is 3.22. The minimum absolute atomic E-state index is 0.588. The second-order valence-corrected chi connectivity index (χ2v) is 12.3. The molecular weight excluding hydrogens is 468 g/mol. The molecule has 0 radical (unpaired) electrons. The summed E-state index contributed by atoms with van der Waals surface area (Å²) < 4.78 is 55.1. The number of alkyl halides is 3. The summed E-state index contributed by atoms with van der Waals surface area (Å²) in [6.07, 6.45) is -4.42. The molecule has 0 saturated heterocycles. The van der Waals surface area contributed by atoms with Gasteiger partial charge < -0.3 is 4.57 Å². The number of rotatable bonds is 2. The Labute approximate surface area is 199 Å². The van der Waals surface area contributed by atoms with Gasteiger partial charge in [-0.1, -0.05) is 48.5 Å². The van der Waals surface area contributed by atoms with Gasteiger partial charge in [-0.2, -0.15) is 13.2 Å². The Balaban J connectivity index is 1.79. The van der Waals surface area contributed by atoms with Crippen LogP contribution in [0.15, 0.2) is 84.9 Å². The van der Waals surface area contributed by atoms with Gasteiger partial charge in [0.25, 0.3) is 0 Å². The number of fused-ring (bicyclic) bond motifs is 8. The number of imidazole rings is 1. The maximum Gasteiger partial charge on any atom is 0.416 e. The van der Waals surface area contributed by atoms with Crippen molar-refractivity contribution in [2.45, 2.75) is 6.18 Å². The molecule has 0 unspecified atom stereocenters. The summed E-state index contributed by atoms with van der Waals surface area (Å²) >= 11 is 0. The van der Waals surface area contributed by atoms with Crippen molar-refractivity contribution < 1.29 is 17.7 Å². The van der Waals surface area contributed by atoms with E-state index in [1.165, 1.54) is 12.1 Å². The normalized spacial score (nSPS) is 12.8. The largest absolute Gasteiger partial charge is 0.416 e. The summed E-state index contributed by atoms with van der Waals surface area (Å²) in [5.41, 5.74) is 3.98. The second-order valence-electron chi connectivity index (χ2n) is 9.12. The number of aromatic nitrogens is 2. The third-order valence-electron chi connectivity index (χ3n) is 6.48. The van der Waals surface area contributed by atoms with Gasteiger partial charge in [-0.15, -0.1) is 0 Å². The Kier molecular flexibility index (Phi) is 4.64. The molecule has 174 valence electrons. The molecule has 0 aliphatic rings. The van der Waals surface area contributed by atoms with Crippen molar-refractivity contribution >= 4 is 50.8 Å². The first-order valence-electron chi connectivity index (χ1n) is 11.1. The number of para-hydroxylation sites is 2. The molecule has 2 aromatic heterocycles. The minimum Gasteiger partial charge on any atom is -0.319 e. The van der Waals surface area contributed by atoms with Crippen molar-refractivity contribution in [1.82, 2.24) is 9.38 Å². The van der Waals surface area contributed by atoms with E-state index >= 15 is 0 Å². The van der Waals surface area contributed by atoms with Gasteiger partial charge in [0.15, 0.2) is 0 Å². The first-order chi connectivity index (χ1) is 16.6. The molecule has 2 heterocycles. The first kappa shape index (κ1) is 21.9. The van der Waals surface area contributed by atoms with Gasteiger partial charge >= 0.3 is 6.18 Å². The standard InChI is InChI=1S/C28H20F3N2OP/c1-35(2,34)26-16-22-19-7-3-4-8-20(19)27-32-23-9-5-6-10-24(23)33(27)25(22)15-21(26)17-11-13-18(14-12-17)28(29,30)31/h3-16H,1-2H3. The fourth-order valence-electron chi connectivity index (χ4n) is 4.86. The van der Waals surface area contributed by atoms with Crippen molar-refractivity contribution in [2.75, 3.05) is 13.3 Å². The van der Waals surface area contributed by atoms with Crippen molar-refractivity contribution in [3.05, 3.63) is 90.5 Å². The maximum absolute atomic E-state index is 13.4. The number of benzene rings is 4. The number of hydrogen-bond acceptors (Lipinski definition) is 2. The van der Waals surface area contributed by atoms with Crippen LogP contribution in [0, 0.1) is 0 Å². The molecule has 6 aromatic rings. The molecule has 0 saturated carbocycles. The number of nitrogens with zero attached hydrogens (tertiary/aromatic N) is 2. The summed E-state index contributed by atoms with van der Waals surface area (Å²) in [6, 6.07) is 24.8. The molecule has 0 N–H and O–H groups in total. The number of pyridine rings is 1. The second kappa shape index (κ2) is 7.43. The summed E-state index contributed by atoms with van der Waals surface area (Å²) in [4.78, 5) is 4.89. The molecule has 0 amide bonds. The van der Waals surface area contributed by atoms with E-state index in [1.807, 2.05) is 60.7 Å². The van der Waals surface area contributed by atoms with Crippen molar-refractivity contribution in [1.29, 1.82) is 0 Å². The van der Waals surface area contributed by atoms with Crippen molar-refractivity contribution in [3.63, 3.8) is 0 Å². The average molecular weight is 488 g/mol. The van der Waals surface area contributed by atoms with Crippen LogP contribution < -0.4 is 5.30 Å². The lowest BCUT2D eigenvalue weighted by atomic mass is 9.99. The van der Waals surface area contributed by atoms with Crippen LogP contribution in [0.25, 0.3) is 49.5 Å². The van der Waals surface area contributed by atoms with Crippen LogP contribution in [-0.4, -0.2) is 22.7 Å². The predicted molar refractivity (Wildman–Crippen MR) is 137 cm³/mol. The summed E-state index contributed by atoms with van der Waals surface area (Å²) in [5.74, 6) is 0. The van der Waals surface area contributed by atoms with Crippen molar-refractivity contribution in [3.8, 4) is 11.1 Å². The highest BCUT2D eigenvalue weighted by molar-refractivity contribution is 7.70. The lowest BCUT2D eigenvalue weighted by Gasteiger charge is -2.18. The molecule has 35 heavy (non-hydrogen) atoms. The fourth-order valence-corrected chi connectivity index (χ4v) is 6.07. The predicted octanol–water partition coefficient (Wildman–Crippen LogP) is 7.73. The monoisotopic (exact) mass is 488 g/mol. The van der Waals surface area contributed by atoms with E-state index in [9.17, 15) is 17.7 Å². The van der Waals surface area contributed by atoms with Crippen LogP contribution in [0.2, 0.25) is 0 Å². The van der Waals surface area contributed by atoms with Gasteiger partial charge in [-0.05, 0) is 66.2 Å². The number of hydrogen-bond donors (Lipinski definition) is 0. The van der Waals surface area contributed by atoms with Crippen LogP contribution in [0.3, 0.4) is 0 Å². The summed E-state index contributed by atoms with van der Waals surface area (Å²) in [6.45, 7) is 3.38. The van der Waals surface area contributed by atoms with Crippen LogP contribution >= 0.6 is 7.14 Å². The Morgan fingerprint density at radius 2 is 1.43 bits per heavy atom. The summed E-state index contributed by atoms with van der Waals surface area (Å²) in [7, 11) is -2.79. The van der Waals surface area contributed by atoms with E-state index in [1.54, 1.807) is 13.3 Å². The Hall–Kier alpha value is -3.63. The maximum atomic E-state index is 13.4. The highest BCUT2D eigenvalue weighted by Crippen LogP contribution is 2.43. The van der Waals surface area contributed by atoms with Crippen LogP contribution in [-0.2, 0) is 10.7 Å². The lowest BCUT2D eigenvalue weighted by molar-refractivity contribution is -0.137. The topological polar surface area (TPSA) is 34.4 Å². The molecule has 0 aliphatic heterocycles. The quantitative estimate of drug-likeness (QED) is 0.185. The molecule has 0 aliphatic carbocycles. The molecule has 0 fully saturated rings. The van der Waals surface area contributed by atoms with Gasteiger partial charge in [0.05, 0.1) is 22.1 Å². The smallest absolute Gasteiger partial charge is 0.319 e. The fraction of sp³-hybridized carbons (Fsp3) is 0.107. The van der Waals surface area contributed by atoms with E-state index in [0.717, 1.165) is 50.5 Å². The minimum atomic E-state index is -4.42. The Morgan fingerprint density at radius 1 is 0.771 bits per heavy atom. The highest BCUT2D eigenvalue weighted by atomic mass is 31.2. The van der Waals surface area contributed by atoms with Gasteiger partial charge in [-0.3, -0.25) is 4.40 Å². The SMILES string of the molecule is CP(C)(=O)c1cc2c3ccccc3c3nc4ccccc4n3c2cc1-c1ccc(C(F)(F)F)cc1. The molecule has 0 bridgehead atoms. The first-order valence-corrected chi connectivity index (χ1v) is 13.7. The third-order valence-corrected chi connectivity index (χ3v) is 8.01. The van der Waals surface area contributed by atoms with E-state index in [4.69, 9.17) is 4.98 Å². The van der Waals surface area contributed by atoms with Crippen molar-refractivity contribution in [2.24, 2.45) is 0 Å². The zero-order valence-electron chi connectivity index (χ0n) is 19.0. The van der Waals surface area contributed by atoms with Crippen LogP contribution in [0.5, 0.6) is 0 Å². The Morgan fingerprint density at radius 3 is 2.11 bits per heavy atom. The molecule has 0 atom stereocenters. The molecule has 4 aromatic carbocycles. The molecule has 0 spiro atoms. The van der Waals surface area contributed by atoms with Gasteiger partial charge in [-0.25, -0.2) is 4.98 Å². The summed E-state index contributed by atoms with van der Waals surface area (Å²) in [5, 5.41) is 3.52. The highest BCUT2D eigenvalue weighted by Gasteiger charge is 2.30. The van der Waals surface area contributed by atoms with E-state index in [2.05, 4.69) is 4.40 Å². The zero-order valence-corrected chi connectivity index (χ0v) is 19.9. The number of halogens is 3. The van der Waals surface area contributed by atoms with E-state index < -0.39 is 18.9 Å². The van der Waals surface area contributed by atoms with E-state index in [-0.39, 0.29) is 0 Å². The lowest BCUT2D eigenvalue weighted by Crippen LogP contribution is -2.09. The van der Waals surface area contributed by atoms with Crippen LogP contribution in [0.1, 0.15) is 5.56 Å². The van der Waals surface area contributed by atoms with Gasteiger partial charge in [0.2, 0.25) is 0 Å². The molecule has 3 nitrogen and oxygen atoms in total. The Bertz CT molecular complexity index is 1830. The molecular formula is C28H20F3N2OP. The van der Waals surface area contributed by atoms with Gasteiger partial charge in [0, 0.05) is 16.1 Å². The van der Waals surface area contributed by atoms with Crippen LogP contribution in [0.4, 0.5) is 13.2 Å². The zero-order chi connectivity index (χ0) is 24.5. The van der Waals surface area contributed by atoms with Gasteiger partial charge in [0.1, 0.15) is 12.8 Å². The molecule has 7 heteroatoms. The third kappa shape index (κ3) is 3.43.